The maximum Gasteiger partial charge on any atom is 0.0649 e. The van der Waals surface area contributed by atoms with Crippen LogP contribution in [0, 0.1) is 11.8 Å². The van der Waals surface area contributed by atoms with Crippen molar-refractivity contribution in [3.63, 3.8) is 0 Å². The first-order chi connectivity index (χ1) is 7.33. The van der Waals surface area contributed by atoms with Gasteiger partial charge in [0, 0.05) is 6.42 Å². The van der Waals surface area contributed by atoms with Crippen LogP contribution < -0.4 is 0 Å². The van der Waals surface area contributed by atoms with Gasteiger partial charge in [0.05, 0.1) is 6.10 Å². The van der Waals surface area contributed by atoms with Gasteiger partial charge in [-0.25, -0.2) is 0 Å². The molecule has 0 aliphatic heterocycles. The molecule has 0 radical (unpaired) electrons. The monoisotopic (exact) mass is 202 g/mol. The van der Waals surface area contributed by atoms with E-state index in [1.54, 1.807) is 6.92 Å². The molecule has 1 heteroatoms. The molecule has 1 rings (SSSR count). The summed E-state index contributed by atoms with van der Waals surface area (Å²) in [7, 11) is 0. The molecule has 0 fully saturated rings. The Hall–Kier alpha value is -1.26. The number of benzene rings is 1. The number of rotatable bonds is 5. The highest BCUT2D eigenvalue weighted by atomic mass is 16.3. The summed E-state index contributed by atoms with van der Waals surface area (Å²) < 4.78 is 0. The predicted octanol–water partition coefficient (Wildman–Crippen LogP) is 2.78. The molecule has 0 saturated carbocycles. The minimum absolute atomic E-state index is 0.263. The Morgan fingerprint density at radius 3 is 2.67 bits per heavy atom. The molecule has 1 atom stereocenters. The maximum atomic E-state index is 9.56. The lowest BCUT2D eigenvalue weighted by atomic mass is 10.0. The van der Waals surface area contributed by atoms with Crippen molar-refractivity contribution in [3.8, 4) is 11.8 Å². The van der Waals surface area contributed by atoms with Gasteiger partial charge in [0.25, 0.3) is 0 Å². The Kier molecular flexibility index (Phi) is 5.58. The summed E-state index contributed by atoms with van der Waals surface area (Å²) in [5.74, 6) is 5.69. The van der Waals surface area contributed by atoms with Crippen LogP contribution in [0.1, 0.15) is 31.7 Å². The smallest absolute Gasteiger partial charge is 0.0649 e. The Morgan fingerprint density at radius 1 is 1.27 bits per heavy atom. The van der Waals surface area contributed by atoms with Crippen LogP contribution in [-0.2, 0) is 6.42 Å². The van der Waals surface area contributed by atoms with Crippen molar-refractivity contribution in [2.75, 3.05) is 0 Å². The van der Waals surface area contributed by atoms with Crippen LogP contribution in [0.5, 0.6) is 0 Å². The van der Waals surface area contributed by atoms with Gasteiger partial charge >= 0.3 is 0 Å². The summed E-state index contributed by atoms with van der Waals surface area (Å²) in [4.78, 5) is 0. The molecular weight excluding hydrogens is 184 g/mol. The zero-order valence-electron chi connectivity index (χ0n) is 9.24. The van der Waals surface area contributed by atoms with Crippen LogP contribution in [0.25, 0.3) is 0 Å². The van der Waals surface area contributed by atoms with E-state index >= 15 is 0 Å². The lowest BCUT2D eigenvalue weighted by Gasteiger charge is -2.06. The molecule has 0 saturated heterocycles. The van der Waals surface area contributed by atoms with Gasteiger partial charge < -0.3 is 5.11 Å². The van der Waals surface area contributed by atoms with Gasteiger partial charge in [0.2, 0.25) is 0 Å². The van der Waals surface area contributed by atoms with E-state index in [0.717, 1.165) is 19.3 Å². The number of hydrogen-bond donors (Lipinski definition) is 1. The van der Waals surface area contributed by atoms with Crippen molar-refractivity contribution in [1.29, 1.82) is 0 Å². The summed E-state index contributed by atoms with van der Waals surface area (Å²) in [6.45, 7) is 1.80. The molecule has 1 unspecified atom stereocenters. The number of aryl methyl sites for hydroxylation is 1. The SMILES string of the molecule is CC#CCC(O)CCCc1ccccc1. The van der Waals surface area contributed by atoms with Crippen LogP contribution in [0.3, 0.4) is 0 Å². The Bertz CT molecular complexity index is 318. The van der Waals surface area contributed by atoms with Crippen molar-refractivity contribution < 1.29 is 5.11 Å². The zero-order chi connectivity index (χ0) is 10.9. The highest BCUT2D eigenvalue weighted by molar-refractivity contribution is 5.14. The first-order valence-corrected chi connectivity index (χ1v) is 5.44. The second-order valence-electron chi connectivity index (χ2n) is 3.66. The summed E-state index contributed by atoms with van der Waals surface area (Å²) in [6.07, 6.45) is 3.24. The quantitative estimate of drug-likeness (QED) is 0.728. The number of hydrogen-bond acceptors (Lipinski definition) is 1. The molecule has 0 aliphatic carbocycles. The zero-order valence-corrected chi connectivity index (χ0v) is 9.24. The predicted molar refractivity (Wildman–Crippen MR) is 63.5 cm³/mol. The second-order valence-corrected chi connectivity index (χ2v) is 3.66. The topological polar surface area (TPSA) is 20.2 Å². The van der Waals surface area contributed by atoms with Crippen molar-refractivity contribution >= 4 is 0 Å². The van der Waals surface area contributed by atoms with Crippen molar-refractivity contribution in [2.45, 2.75) is 38.7 Å². The molecular formula is C14H18O. The largest absolute Gasteiger partial charge is 0.392 e. The summed E-state index contributed by atoms with van der Waals surface area (Å²) in [5.41, 5.74) is 1.34. The first-order valence-electron chi connectivity index (χ1n) is 5.44. The molecule has 0 spiro atoms. The number of aliphatic hydroxyl groups excluding tert-OH is 1. The van der Waals surface area contributed by atoms with E-state index in [1.807, 2.05) is 18.2 Å². The Morgan fingerprint density at radius 2 is 2.00 bits per heavy atom. The molecule has 0 heterocycles. The summed E-state index contributed by atoms with van der Waals surface area (Å²) >= 11 is 0. The molecule has 1 nitrogen and oxygen atoms in total. The average molecular weight is 202 g/mol. The van der Waals surface area contributed by atoms with E-state index in [2.05, 4.69) is 24.0 Å². The fourth-order valence-electron chi connectivity index (χ4n) is 1.51. The molecule has 0 aromatic heterocycles. The van der Waals surface area contributed by atoms with Gasteiger partial charge in [-0.3, -0.25) is 0 Å². The third-order valence-corrected chi connectivity index (χ3v) is 2.36. The average Bonchev–Trinajstić information content (AvgIpc) is 2.28. The lowest BCUT2D eigenvalue weighted by Crippen LogP contribution is -2.05. The van der Waals surface area contributed by atoms with E-state index in [4.69, 9.17) is 0 Å². The van der Waals surface area contributed by atoms with Crippen LogP contribution in [0.4, 0.5) is 0 Å². The second kappa shape index (κ2) is 7.09. The summed E-state index contributed by atoms with van der Waals surface area (Å²) in [5, 5.41) is 9.56. The van der Waals surface area contributed by atoms with Gasteiger partial charge in [0.15, 0.2) is 0 Å². The standard InChI is InChI=1S/C14H18O/c1-2-3-11-14(15)12-7-10-13-8-5-4-6-9-13/h4-6,8-9,14-15H,7,10-12H2,1H3. The fourth-order valence-corrected chi connectivity index (χ4v) is 1.51. The van der Waals surface area contributed by atoms with Crippen LogP contribution in [-0.4, -0.2) is 11.2 Å². The van der Waals surface area contributed by atoms with E-state index in [-0.39, 0.29) is 6.10 Å². The van der Waals surface area contributed by atoms with E-state index in [0.29, 0.717) is 6.42 Å². The molecule has 0 aliphatic rings. The van der Waals surface area contributed by atoms with Crippen LogP contribution in [0.15, 0.2) is 30.3 Å². The normalized spacial score (nSPS) is 11.6. The molecule has 15 heavy (non-hydrogen) atoms. The third kappa shape index (κ3) is 5.24. The highest BCUT2D eigenvalue weighted by Gasteiger charge is 2.01. The van der Waals surface area contributed by atoms with Crippen molar-refractivity contribution in [1.82, 2.24) is 0 Å². The Balaban J connectivity index is 2.18. The molecule has 1 aromatic carbocycles. The molecule has 80 valence electrons. The fraction of sp³-hybridized carbons (Fsp3) is 0.429. The van der Waals surface area contributed by atoms with E-state index in [9.17, 15) is 5.11 Å². The minimum Gasteiger partial charge on any atom is -0.392 e. The molecule has 0 amide bonds. The minimum atomic E-state index is -0.263. The third-order valence-electron chi connectivity index (χ3n) is 2.36. The lowest BCUT2D eigenvalue weighted by molar-refractivity contribution is 0.167. The van der Waals surface area contributed by atoms with Crippen LogP contribution >= 0.6 is 0 Å². The summed E-state index contributed by atoms with van der Waals surface area (Å²) in [6, 6.07) is 10.4. The van der Waals surface area contributed by atoms with Gasteiger partial charge in [-0.05, 0) is 31.7 Å². The van der Waals surface area contributed by atoms with Gasteiger partial charge in [-0.2, -0.15) is 0 Å². The molecule has 1 aromatic rings. The van der Waals surface area contributed by atoms with Gasteiger partial charge in [-0.1, -0.05) is 30.3 Å². The van der Waals surface area contributed by atoms with Crippen LogP contribution in [0.2, 0.25) is 0 Å². The van der Waals surface area contributed by atoms with Gasteiger partial charge in [0.1, 0.15) is 0 Å². The van der Waals surface area contributed by atoms with Gasteiger partial charge in [-0.15, -0.1) is 11.8 Å². The maximum absolute atomic E-state index is 9.56. The van der Waals surface area contributed by atoms with Crippen molar-refractivity contribution in [3.05, 3.63) is 35.9 Å². The molecule has 0 bridgehead atoms. The van der Waals surface area contributed by atoms with E-state index in [1.165, 1.54) is 5.56 Å². The van der Waals surface area contributed by atoms with Crippen molar-refractivity contribution in [2.24, 2.45) is 0 Å². The first kappa shape index (κ1) is 11.8. The number of aliphatic hydroxyl groups is 1. The molecule has 1 N–H and O–H groups in total. The van der Waals surface area contributed by atoms with E-state index < -0.39 is 0 Å². The Labute approximate surface area is 92.1 Å². The highest BCUT2D eigenvalue weighted by Crippen LogP contribution is 2.07.